The molecule has 3 rings (SSSR count). The van der Waals surface area contributed by atoms with Gasteiger partial charge in [0, 0.05) is 29.6 Å². The Balaban J connectivity index is 0.00000280. The third-order valence-electron chi connectivity index (χ3n) is 4.71. The van der Waals surface area contributed by atoms with E-state index in [1.165, 1.54) is 4.90 Å². The first-order chi connectivity index (χ1) is 13.0. The van der Waals surface area contributed by atoms with Gasteiger partial charge >= 0.3 is 5.97 Å². The van der Waals surface area contributed by atoms with Gasteiger partial charge in [-0.2, -0.15) is 0 Å². The second kappa shape index (κ2) is 9.17. The number of hydrogen-bond donors (Lipinski definition) is 0. The molecule has 0 atom stereocenters. The number of benzene rings is 2. The lowest BCUT2D eigenvalue weighted by Crippen LogP contribution is -2.43. The molecule has 2 aromatic rings. The Kier molecular flexibility index (Phi) is 7.16. The van der Waals surface area contributed by atoms with Crippen LogP contribution in [0.5, 0.6) is 0 Å². The third-order valence-corrected chi connectivity index (χ3v) is 4.71. The minimum absolute atomic E-state index is 0. The van der Waals surface area contributed by atoms with Crippen molar-refractivity contribution in [1.29, 1.82) is 0 Å². The van der Waals surface area contributed by atoms with Gasteiger partial charge in [0.15, 0.2) is 0 Å². The largest absolute Gasteiger partial charge is 0.462 e. The quantitative estimate of drug-likeness (QED) is 0.402. The van der Waals surface area contributed by atoms with Crippen LogP contribution in [0.1, 0.15) is 50.8 Å². The maximum Gasteiger partial charge on any atom is 0.338 e. The van der Waals surface area contributed by atoms with Gasteiger partial charge in [0.1, 0.15) is 0 Å². The van der Waals surface area contributed by atoms with Gasteiger partial charge < -0.3 is 9.64 Å². The van der Waals surface area contributed by atoms with Gasteiger partial charge in [-0.1, -0.05) is 25.5 Å². The van der Waals surface area contributed by atoms with Crippen LogP contribution in [0.15, 0.2) is 30.3 Å². The van der Waals surface area contributed by atoms with E-state index in [1.807, 2.05) is 25.9 Å². The Hall–Kier alpha value is -2.44. The Labute approximate surface area is 170 Å². The van der Waals surface area contributed by atoms with Crippen molar-refractivity contribution in [3.8, 4) is 0 Å². The molecule has 1 aliphatic heterocycles. The molecule has 0 aromatic heterocycles. The van der Waals surface area contributed by atoms with Crippen molar-refractivity contribution in [3.05, 3.63) is 47.0 Å². The first-order valence-electron chi connectivity index (χ1n) is 9.19. The summed E-state index contributed by atoms with van der Waals surface area (Å²) in [4.78, 5) is 41.4. The summed E-state index contributed by atoms with van der Waals surface area (Å²) >= 11 is 0. The molecular weight excluding hydrogens is 380 g/mol. The summed E-state index contributed by atoms with van der Waals surface area (Å²) in [6, 6.07) is 8.44. The number of nitrogens with zero attached hydrogens (tertiary/aromatic N) is 2. The standard InChI is InChI=1S/C21H24N2O4.ClH/c1-4-5-13-27-21(26)15-9-10-17-18-14(15)7-6-8-16(18)19(24)23(20(17)25)12-11-22(2)3;/h6-10H,4-5,11-13H2,1-3H3;1H. The van der Waals surface area contributed by atoms with Crippen molar-refractivity contribution < 1.29 is 19.1 Å². The number of rotatable bonds is 7. The molecule has 0 bridgehead atoms. The number of hydrogen-bond acceptors (Lipinski definition) is 5. The van der Waals surface area contributed by atoms with E-state index in [9.17, 15) is 14.4 Å². The summed E-state index contributed by atoms with van der Waals surface area (Å²) in [7, 11) is 3.79. The maximum atomic E-state index is 12.9. The summed E-state index contributed by atoms with van der Waals surface area (Å²) in [5.41, 5.74) is 1.28. The molecule has 0 radical (unpaired) electrons. The zero-order valence-corrected chi connectivity index (χ0v) is 17.2. The highest BCUT2D eigenvalue weighted by Crippen LogP contribution is 2.32. The second-order valence-corrected chi connectivity index (χ2v) is 6.94. The van der Waals surface area contributed by atoms with Crippen molar-refractivity contribution in [2.45, 2.75) is 19.8 Å². The summed E-state index contributed by atoms with van der Waals surface area (Å²) in [6.07, 6.45) is 1.73. The summed E-state index contributed by atoms with van der Waals surface area (Å²) in [5, 5.41) is 1.12. The van der Waals surface area contributed by atoms with Gasteiger partial charge in [-0.15, -0.1) is 12.4 Å². The van der Waals surface area contributed by atoms with E-state index in [2.05, 4.69) is 0 Å². The van der Waals surface area contributed by atoms with Gasteiger partial charge in [-0.3, -0.25) is 14.5 Å². The van der Waals surface area contributed by atoms with Crippen molar-refractivity contribution in [1.82, 2.24) is 9.80 Å². The first kappa shape index (κ1) is 21.9. The van der Waals surface area contributed by atoms with Crippen molar-refractivity contribution >= 4 is 41.0 Å². The van der Waals surface area contributed by atoms with Gasteiger partial charge in [0.25, 0.3) is 11.8 Å². The lowest BCUT2D eigenvalue weighted by atomic mass is 9.91. The van der Waals surface area contributed by atoms with Crippen molar-refractivity contribution in [3.63, 3.8) is 0 Å². The van der Waals surface area contributed by atoms with Gasteiger partial charge in [-0.05, 0) is 44.1 Å². The molecule has 0 spiro atoms. The molecule has 0 saturated heterocycles. The Morgan fingerprint density at radius 3 is 2.39 bits per heavy atom. The van der Waals surface area contributed by atoms with E-state index in [-0.39, 0.29) is 24.2 Å². The molecule has 1 heterocycles. The average Bonchev–Trinajstić information content (AvgIpc) is 2.65. The minimum atomic E-state index is -0.429. The van der Waals surface area contributed by atoms with E-state index >= 15 is 0 Å². The Morgan fingerprint density at radius 2 is 1.75 bits per heavy atom. The maximum absolute atomic E-state index is 12.9. The van der Waals surface area contributed by atoms with Crippen LogP contribution in [0, 0.1) is 0 Å². The SMILES string of the molecule is CCCCOC(=O)c1ccc2c3c(cccc13)C(=O)N(CCN(C)C)C2=O.Cl. The molecule has 150 valence electrons. The van der Waals surface area contributed by atoms with Crippen LogP contribution in [0.3, 0.4) is 0 Å². The summed E-state index contributed by atoms with van der Waals surface area (Å²) in [6.45, 7) is 3.29. The van der Waals surface area contributed by atoms with E-state index < -0.39 is 5.97 Å². The fraction of sp³-hybridized carbons (Fsp3) is 0.381. The van der Waals surface area contributed by atoms with Crippen LogP contribution in [0.2, 0.25) is 0 Å². The van der Waals surface area contributed by atoms with Crippen molar-refractivity contribution in [2.75, 3.05) is 33.8 Å². The van der Waals surface area contributed by atoms with Crippen LogP contribution in [0.25, 0.3) is 10.8 Å². The highest BCUT2D eigenvalue weighted by Gasteiger charge is 2.33. The number of carbonyl (C=O) groups excluding carboxylic acids is 3. The molecule has 1 aliphatic rings. The number of halogens is 1. The lowest BCUT2D eigenvalue weighted by Gasteiger charge is -2.28. The fourth-order valence-electron chi connectivity index (χ4n) is 3.21. The zero-order chi connectivity index (χ0) is 19.6. The molecule has 2 amide bonds. The predicted octanol–water partition coefficient (Wildman–Crippen LogP) is 3.38. The van der Waals surface area contributed by atoms with Gasteiger partial charge in [0.2, 0.25) is 0 Å². The highest BCUT2D eigenvalue weighted by molar-refractivity contribution is 6.27. The number of likely N-dealkylation sites (N-methyl/N-ethyl adjacent to an activating group) is 1. The van der Waals surface area contributed by atoms with Gasteiger partial charge in [0.05, 0.1) is 12.2 Å². The monoisotopic (exact) mass is 404 g/mol. The highest BCUT2D eigenvalue weighted by atomic mass is 35.5. The number of imide groups is 1. The van der Waals surface area contributed by atoms with E-state index in [0.717, 1.165) is 12.8 Å². The molecule has 0 N–H and O–H groups in total. The Morgan fingerprint density at radius 1 is 1.07 bits per heavy atom. The smallest absolute Gasteiger partial charge is 0.338 e. The van der Waals surface area contributed by atoms with Crippen LogP contribution in [-0.4, -0.2) is 61.4 Å². The van der Waals surface area contributed by atoms with Crippen LogP contribution < -0.4 is 0 Å². The number of unbranched alkanes of at least 4 members (excludes halogenated alkanes) is 1. The van der Waals surface area contributed by atoms with E-state index in [1.54, 1.807) is 30.3 Å². The second-order valence-electron chi connectivity index (χ2n) is 6.94. The van der Waals surface area contributed by atoms with Gasteiger partial charge in [-0.25, -0.2) is 4.79 Å². The molecule has 0 saturated carbocycles. The van der Waals surface area contributed by atoms with Crippen LogP contribution in [0.4, 0.5) is 0 Å². The topological polar surface area (TPSA) is 66.9 Å². The lowest BCUT2D eigenvalue weighted by molar-refractivity contribution is 0.0499. The zero-order valence-electron chi connectivity index (χ0n) is 16.4. The molecule has 0 aliphatic carbocycles. The number of carbonyl (C=O) groups is 3. The number of amides is 2. The number of esters is 1. The third kappa shape index (κ3) is 4.03. The fourth-order valence-corrected chi connectivity index (χ4v) is 3.21. The van der Waals surface area contributed by atoms with E-state index in [0.29, 0.717) is 47.2 Å². The normalized spacial score (nSPS) is 13.1. The van der Waals surface area contributed by atoms with Crippen molar-refractivity contribution in [2.24, 2.45) is 0 Å². The Bertz CT molecular complexity index is 888. The summed E-state index contributed by atoms with van der Waals surface area (Å²) in [5.74, 6) is -1.07. The molecule has 7 heteroatoms. The minimum Gasteiger partial charge on any atom is -0.462 e. The van der Waals surface area contributed by atoms with Crippen LogP contribution >= 0.6 is 12.4 Å². The molecule has 0 fully saturated rings. The van der Waals surface area contributed by atoms with Crippen LogP contribution in [-0.2, 0) is 4.74 Å². The molecular formula is C21H25ClN2O4. The average molecular weight is 405 g/mol. The predicted molar refractivity (Wildman–Crippen MR) is 110 cm³/mol. The first-order valence-corrected chi connectivity index (χ1v) is 9.19. The molecule has 0 unspecified atom stereocenters. The van der Waals surface area contributed by atoms with E-state index in [4.69, 9.17) is 4.74 Å². The summed E-state index contributed by atoms with van der Waals surface area (Å²) < 4.78 is 5.32. The molecule has 6 nitrogen and oxygen atoms in total. The number of ether oxygens (including phenoxy) is 1. The molecule has 28 heavy (non-hydrogen) atoms. The molecule has 2 aromatic carbocycles.